The second-order valence-electron chi connectivity index (χ2n) is 7.95. The number of carbonyl (C=O) groups is 1. The number of halogens is 1. The van der Waals surface area contributed by atoms with Crippen LogP contribution >= 0.6 is 0 Å². The van der Waals surface area contributed by atoms with E-state index in [-0.39, 0.29) is 11.5 Å². The largest absolute Gasteiger partial charge is 0.477 e. The summed E-state index contributed by atoms with van der Waals surface area (Å²) < 4.78 is 21.5. The van der Waals surface area contributed by atoms with Gasteiger partial charge in [-0.2, -0.15) is 0 Å². The maximum atomic E-state index is 15.1. The number of nitrogens with zero attached hydrogens (tertiary/aromatic N) is 2. The minimum Gasteiger partial charge on any atom is -0.477 e. The molecule has 150 valence electrons. The Bertz CT molecular complexity index is 988. The lowest BCUT2D eigenvalue weighted by Gasteiger charge is -2.35. The second-order valence-corrected chi connectivity index (χ2v) is 7.95. The van der Waals surface area contributed by atoms with Gasteiger partial charge in [0.2, 0.25) is 0 Å². The molecule has 0 aromatic carbocycles. The van der Waals surface area contributed by atoms with Crippen LogP contribution in [0.4, 0.5) is 10.1 Å². The number of hydrogen-bond donors (Lipinski definition) is 1. The van der Waals surface area contributed by atoms with Crippen molar-refractivity contribution in [1.82, 2.24) is 4.40 Å². The van der Waals surface area contributed by atoms with Crippen molar-refractivity contribution < 1.29 is 19.0 Å². The van der Waals surface area contributed by atoms with Crippen molar-refractivity contribution >= 4 is 17.2 Å². The van der Waals surface area contributed by atoms with Gasteiger partial charge in [0.25, 0.3) is 5.56 Å². The highest BCUT2D eigenvalue weighted by Crippen LogP contribution is 2.44. The average Bonchev–Trinajstić information content (AvgIpc) is 3.49. The fraction of sp³-hybridized carbons (Fsp3) is 0.524. The molecule has 0 bridgehead atoms. The lowest BCUT2D eigenvalue weighted by Crippen LogP contribution is -2.36. The molecule has 1 aliphatic carbocycles. The molecular weight excluding hydrogens is 363 g/mol. The number of ether oxygens (including phenoxy) is 1. The van der Waals surface area contributed by atoms with Gasteiger partial charge in [-0.05, 0) is 61.6 Å². The molecule has 7 heteroatoms. The molecule has 3 heterocycles. The Morgan fingerprint density at radius 3 is 2.54 bits per heavy atom. The monoisotopic (exact) mass is 388 g/mol. The number of piperidine rings is 1. The van der Waals surface area contributed by atoms with E-state index in [1.165, 1.54) is 16.7 Å². The smallest absolute Gasteiger partial charge is 0.341 e. The number of fused-ring (bicyclic) bond motifs is 1. The van der Waals surface area contributed by atoms with E-state index >= 15 is 4.39 Å². The predicted octanol–water partition coefficient (Wildman–Crippen LogP) is 3.19. The van der Waals surface area contributed by atoms with Crippen LogP contribution in [0.25, 0.3) is 5.52 Å². The van der Waals surface area contributed by atoms with Crippen molar-refractivity contribution in [1.29, 1.82) is 0 Å². The van der Waals surface area contributed by atoms with E-state index in [0.29, 0.717) is 29.3 Å². The third kappa shape index (κ3) is 3.17. The molecule has 0 radical (unpaired) electrons. The summed E-state index contributed by atoms with van der Waals surface area (Å²) in [6.45, 7) is 4.02. The quantitative estimate of drug-likeness (QED) is 0.852. The molecule has 28 heavy (non-hydrogen) atoms. The summed E-state index contributed by atoms with van der Waals surface area (Å²) in [4.78, 5) is 26.2. The van der Waals surface area contributed by atoms with Crippen LogP contribution in [0.15, 0.2) is 17.1 Å². The highest BCUT2D eigenvalue weighted by Gasteiger charge is 2.31. The Hall–Kier alpha value is -2.41. The van der Waals surface area contributed by atoms with Gasteiger partial charge in [-0.3, -0.25) is 9.20 Å². The Balaban J connectivity index is 1.84. The molecule has 0 atom stereocenters. The number of pyridine rings is 2. The van der Waals surface area contributed by atoms with Crippen LogP contribution in [-0.4, -0.2) is 42.3 Å². The molecule has 6 nitrogen and oxygen atoms in total. The number of hydrogen-bond acceptors (Lipinski definition) is 4. The number of aromatic carboxylic acids is 1. The van der Waals surface area contributed by atoms with E-state index in [4.69, 9.17) is 4.74 Å². The van der Waals surface area contributed by atoms with Crippen LogP contribution in [0, 0.1) is 18.7 Å². The molecular formula is C21H25FN2O4. The highest BCUT2D eigenvalue weighted by molar-refractivity contribution is 5.89. The lowest BCUT2D eigenvalue weighted by atomic mass is 9.96. The van der Waals surface area contributed by atoms with Crippen LogP contribution in [0.1, 0.15) is 53.1 Å². The van der Waals surface area contributed by atoms with E-state index < -0.39 is 17.3 Å². The number of rotatable bonds is 5. The normalized spacial score (nSPS) is 18.0. The van der Waals surface area contributed by atoms with Gasteiger partial charge in [0.15, 0.2) is 5.82 Å². The lowest BCUT2D eigenvalue weighted by molar-refractivity contribution is 0.0694. The predicted molar refractivity (Wildman–Crippen MR) is 104 cm³/mol. The summed E-state index contributed by atoms with van der Waals surface area (Å²) in [6, 6.07) is 1.50. The van der Waals surface area contributed by atoms with Gasteiger partial charge in [-0.15, -0.1) is 0 Å². The van der Waals surface area contributed by atoms with E-state index in [2.05, 4.69) is 0 Å². The second kappa shape index (κ2) is 7.20. The topological polar surface area (TPSA) is 71.2 Å². The zero-order valence-electron chi connectivity index (χ0n) is 16.2. The molecule has 1 saturated carbocycles. The first-order valence-electron chi connectivity index (χ1n) is 9.78. The van der Waals surface area contributed by atoms with Crippen molar-refractivity contribution in [3.8, 4) is 0 Å². The van der Waals surface area contributed by atoms with Gasteiger partial charge in [-0.25, -0.2) is 9.18 Å². The number of aryl methyl sites for hydroxylation is 1. The summed E-state index contributed by atoms with van der Waals surface area (Å²) in [7, 11) is 1.70. The summed E-state index contributed by atoms with van der Waals surface area (Å²) in [5.74, 6) is -1.05. The Kier molecular flexibility index (Phi) is 4.87. The minimum absolute atomic E-state index is 0.234. The SMILES string of the molecule is COCC1CCN(c2c(F)cn3c(=O)c(C(=O)O)cc(C4CC4)c3c2C)CC1. The molecule has 1 N–H and O–H groups in total. The average molecular weight is 388 g/mol. The first-order chi connectivity index (χ1) is 13.4. The van der Waals surface area contributed by atoms with Crippen LogP contribution in [0.2, 0.25) is 0 Å². The maximum Gasteiger partial charge on any atom is 0.341 e. The van der Waals surface area contributed by atoms with Crippen LogP contribution < -0.4 is 10.5 Å². The first kappa shape index (κ1) is 18.9. The molecule has 2 aliphatic rings. The number of anilines is 1. The van der Waals surface area contributed by atoms with Gasteiger partial charge in [0.1, 0.15) is 5.56 Å². The van der Waals surface area contributed by atoms with Crippen molar-refractivity contribution in [3.05, 3.63) is 45.1 Å². The molecule has 1 saturated heterocycles. The standard InChI is InChI=1S/C21H25FN2O4/c1-12-18-15(14-3-4-14)9-16(21(26)27)20(25)24(18)10-17(22)19(12)23-7-5-13(6-8-23)11-28-2/h9-10,13-14H,3-8,11H2,1-2H3,(H,26,27). The molecule has 2 aromatic rings. The molecule has 2 aromatic heterocycles. The molecule has 2 fully saturated rings. The first-order valence-corrected chi connectivity index (χ1v) is 9.78. The molecule has 0 unspecified atom stereocenters. The number of aromatic nitrogens is 1. The Labute approximate surface area is 162 Å². The molecule has 0 amide bonds. The van der Waals surface area contributed by atoms with Gasteiger partial charge in [0, 0.05) is 26.8 Å². The van der Waals surface area contributed by atoms with Gasteiger partial charge in [0.05, 0.1) is 17.4 Å². The Morgan fingerprint density at radius 1 is 1.29 bits per heavy atom. The van der Waals surface area contributed by atoms with E-state index in [9.17, 15) is 14.7 Å². The summed E-state index contributed by atoms with van der Waals surface area (Å²) in [6.07, 6.45) is 4.94. The maximum absolute atomic E-state index is 15.1. The van der Waals surface area contributed by atoms with Crippen molar-refractivity contribution in [2.75, 3.05) is 31.7 Å². The highest BCUT2D eigenvalue weighted by atomic mass is 19.1. The zero-order chi connectivity index (χ0) is 20.0. The fourth-order valence-corrected chi connectivity index (χ4v) is 4.45. The summed E-state index contributed by atoms with van der Waals surface area (Å²) in [5, 5.41) is 9.39. The van der Waals surface area contributed by atoms with Crippen LogP contribution in [-0.2, 0) is 4.74 Å². The van der Waals surface area contributed by atoms with Crippen molar-refractivity contribution in [2.24, 2.45) is 5.92 Å². The van der Waals surface area contributed by atoms with Crippen LogP contribution in [0.5, 0.6) is 0 Å². The van der Waals surface area contributed by atoms with Crippen molar-refractivity contribution in [3.63, 3.8) is 0 Å². The van der Waals surface area contributed by atoms with Gasteiger partial charge in [-0.1, -0.05) is 0 Å². The fourth-order valence-electron chi connectivity index (χ4n) is 4.45. The van der Waals surface area contributed by atoms with E-state index in [0.717, 1.165) is 44.3 Å². The Morgan fingerprint density at radius 2 is 1.96 bits per heavy atom. The van der Waals surface area contributed by atoms with E-state index in [1.807, 2.05) is 11.8 Å². The third-order valence-corrected chi connectivity index (χ3v) is 6.02. The van der Waals surface area contributed by atoms with Crippen molar-refractivity contribution in [2.45, 2.75) is 38.5 Å². The molecule has 4 rings (SSSR count). The van der Waals surface area contributed by atoms with Crippen LogP contribution in [0.3, 0.4) is 0 Å². The van der Waals surface area contributed by atoms with E-state index in [1.54, 1.807) is 7.11 Å². The number of carboxylic acids is 1. The number of carboxylic acid groups (broad SMARTS) is 1. The summed E-state index contributed by atoms with van der Waals surface area (Å²) in [5.41, 5.74) is 1.75. The molecule has 0 spiro atoms. The van der Waals surface area contributed by atoms with Gasteiger partial charge >= 0.3 is 5.97 Å². The number of methoxy groups -OCH3 is 1. The zero-order valence-corrected chi connectivity index (χ0v) is 16.2. The molecule has 1 aliphatic heterocycles. The third-order valence-electron chi connectivity index (χ3n) is 6.02. The minimum atomic E-state index is -1.27. The van der Waals surface area contributed by atoms with Gasteiger partial charge < -0.3 is 14.7 Å². The summed E-state index contributed by atoms with van der Waals surface area (Å²) >= 11 is 0.